The quantitative estimate of drug-likeness (QED) is 0.896. The summed E-state index contributed by atoms with van der Waals surface area (Å²) in [6, 6.07) is 8.58. The van der Waals surface area contributed by atoms with Crippen LogP contribution in [0.1, 0.15) is 22.0 Å². The number of halogens is 3. The Morgan fingerprint density at radius 1 is 1.11 bits per heavy atom. The van der Waals surface area contributed by atoms with Crippen LogP contribution in [0, 0.1) is 0 Å². The van der Waals surface area contributed by atoms with E-state index >= 15 is 0 Å². The van der Waals surface area contributed by atoms with Gasteiger partial charge in [0.25, 0.3) is 0 Å². The van der Waals surface area contributed by atoms with E-state index in [1.165, 1.54) is 23.5 Å². The number of thiophene rings is 1. The molecule has 1 atom stereocenters. The van der Waals surface area contributed by atoms with E-state index in [-0.39, 0.29) is 5.56 Å². The normalized spacial score (nSPS) is 13.6. The van der Waals surface area contributed by atoms with Crippen LogP contribution < -0.4 is 5.73 Å². The fourth-order valence-electron chi connectivity index (χ4n) is 1.83. The van der Waals surface area contributed by atoms with Crippen LogP contribution in [0.4, 0.5) is 13.2 Å². The van der Waals surface area contributed by atoms with Gasteiger partial charge in [-0.15, -0.1) is 11.3 Å². The van der Waals surface area contributed by atoms with Crippen molar-refractivity contribution in [2.75, 3.05) is 0 Å². The highest BCUT2D eigenvalue weighted by Gasteiger charge is 2.34. The molecule has 2 rings (SSSR count). The number of hydrogen-bond donors (Lipinski definition) is 1. The Morgan fingerprint density at radius 3 is 2.44 bits per heavy atom. The van der Waals surface area contributed by atoms with Gasteiger partial charge >= 0.3 is 6.18 Å². The van der Waals surface area contributed by atoms with E-state index in [0.29, 0.717) is 6.42 Å². The van der Waals surface area contributed by atoms with Crippen LogP contribution in [0.3, 0.4) is 0 Å². The smallest absolute Gasteiger partial charge is 0.324 e. The van der Waals surface area contributed by atoms with E-state index < -0.39 is 17.8 Å². The summed E-state index contributed by atoms with van der Waals surface area (Å²) in [5.74, 6) is 0. The van der Waals surface area contributed by atoms with E-state index in [1.54, 1.807) is 6.07 Å². The summed E-state index contributed by atoms with van der Waals surface area (Å²) in [5, 5.41) is 1.89. The van der Waals surface area contributed by atoms with Gasteiger partial charge in [0.05, 0.1) is 5.56 Å². The maximum absolute atomic E-state index is 12.8. The van der Waals surface area contributed by atoms with Gasteiger partial charge in [0.2, 0.25) is 0 Å². The summed E-state index contributed by atoms with van der Waals surface area (Å²) >= 11 is 1.50. The zero-order valence-electron chi connectivity index (χ0n) is 9.45. The minimum absolute atomic E-state index is 0.151. The second-order valence-corrected chi connectivity index (χ2v) is 5.01. The predicted molar refractivity (Wildman–Crippen MR) is 66.4 cm³/mol. The van der Waals surface area contributed by atoms with Crippen molar-refractivity contribution < 1.29 is 13.2 Å². The molecular weight excluding hydrogens is 259 g/mol. The third kappa shape index (κ3) is 2.91. The average Bonchev–Trinajstić information content (AvgIpc) is 2.80. The lowest BCUT2D eigenvalue weighted by Crippen LogP contribution is -2.18. The third-order valence-corrected chi connectivity index (χ3v) is 3.57. The number of hydrogen-bond acceptors (Lipinski definition) is 2. The summed E-state index contributed by atoms with van der Waals surface area (Å²) in [6.45, 7) is 0. The molecule has 0 amide bonds. The molecule has 1 unspecified atom stereocenters. The van der Waals surface area contributed by atoms with E-state index in [4.69, 9.17) is 5.73 Å². The molecule has 1 aromatic heterocycles. The Bertz CT molecular complexity index is 505. The van der Waals surface area contributed by atoms with Crippen molar-refractivity contribution in [1.29, 1.82) is 0 Å². The van der Waals surface area contributed by atoms with Crippen molar-refractivity contribution in [3.8, 4) is 0 Å². The van der Waals surface area contributed by atoms with Gasteiger partial charge in [0, 0.05) is 17.3 Å². The predicted octanol–water partition coefficient (Wildman–Crippen LogP) is 4.01. The Labute approximate surface area is 107 Å². The first-order valence-corrected chi connectivity index (χ1v) is 6.30. The first kappa shape index (κ1) is 13.1. The fourth-order valence-corrected chi connectivity index (χ4v) is 2.60. The topological polar surface area (TPSA) is 26.0 Å². The second-order valence-electron chi connectivity index (χ2n) is 3.97. The Balaban J connectivity index is 2.27. The van der Waals surface area contributed by atoms with Gasteiger partial charge in [0.1, 0.15) is 0 Å². The van der Waals surface area contributed by atoms with Crippen LogP contribution in [0.2, 0.25) is 0 Å². The highest BCUT2D eigenvalue weighted by molar-refractivity contribution is 7.09. The van der Waals surface area contributed by atoms with Crippen LogP contribution in [0.15, 0.2) is 41.8 Å². The van der Waals surface area contributed by atoms with E-state index in [0.717, 1.165) is 10.9 Å². The minimum atomic E-state index is -4.36. The Kier molecular flexibility index (Phi) is 3.73. The molecule has 1 aromatic carbocycles. The first-order valence-electron chi connectivity index (χ1n) is 5.42. The summed E-state index contributed by atoms with van der Waals surface area (Å²) < 4.78 is 38.5. The van der Waals surface area contributed by atoms with Gasteiger partial charge in [-0.05, 0) is 23.1 Å². The summed E-state index contributed by atoms with van der Waals surface area (Å²) in [6.07, 6.45) is -3.94. The van der Waals surface area contributed by atoms with Gasteiger partial charge in [-0.1, -0.05) is 24.3 Å². The highest BCUT2D eigenvalue weighted by Crippen LogP contribution is 2.34. The molecule has 0 fully saturated rings. The standard InChI is InChI=1S/C13H12F3NS/c14-13(15,16)11-6-2-1-5-10(11)12(17)8-9-4-3-7-18-9/h1-7,12H,8,17H2. The molecule has 2 N–H and O–H groups in total. The van der Waals surface area contributed by atoms with E-state index in [2.05, 4.69) is 0 Å². The average molecular weight is 271 g/mol. The number of alkyl halides is 3. The van der Waals surface area contributed by atoms with Crippen LogP contribution in [-0.2, 0) is 12.6 Å². The third-order valence-electron chi connectivity index (χ3n) is 2.67. The van der Waals surface area contributed by atoms with Crippen molar-refractivity contribution in [3.63, 3.8) is 0 Å². The van der Waals surface area contributed by atoms with Gasteiger partial charge in [-0.3, -0.25) is 0 Å². The van der Waals surface area contributed by atoms with E-state index in [1.807, 2.05) is 17.5 Å². The molecule has 0 aliphatic heterocycles. The van der Waals surface area contributed by atoms with Crippen molar-refractivity contribution in [2.45, 2.75) is 18.6 Å². The number of nitrogens with two attached hydrogens (primary N) is 1. The molecule has 0 radical (unpaired) electrons. The molecule has 1 nitrogen and oxygen atoms in total. The first-order chi connectivity index (χ1) is 8.48. The van der Waals surface area contributed by atoms with Crippen molar-refractivity contribution in [3.05, 3.63) is 57.8 Å². The maximum Gasteiger partial charge on any atom is 0.416 e. The lowest BCUT2D eigenvalue weighted by Gasteiger charge is -2.17. The van der Waals surface area contributed by atoms with Crippen molar-refractivity contribution >= 4 is 11.3 Å². The number of benzene rings is 1. The number of rotatable bonds is 3. The van der Waals surface area contributed by atoms with Crippen LogP contribution in [0.5, 0.6) is 0 Å². The molecular formula is C13H12F3NS. The van der Waals surface area contributed by atoms with Gasteiger partial charge in [-0.25, -0.2) is 0 Å². The molecule has 0 spiro atoms. The Morgan fingerprint density at radius 2 is 1.83 bits per heavy atom. The fraction of sp³-hybridized carbons (Fsp3) is 0.231. The Hall–Kier alpha value is -1.33. The molecule has 0 aliphatic rings. The van der Waals surface area contributed by atoms with E-state index in [9.17, 15) is 13.2 Å². The summed E-state index contributed by atoms with van der Waals surface area (Å²) in [4.78, 5) is 0.986. The van der Waals surface area contributed by atoms with Crippen molar-refractivity contribution in [2.24, 2.45) is 5.73 Å². The SMILES string of the molecule is NC(Cc1cccs1)c1ccccc1C(F)(F)F. The highest BCUT2D eigenvalue weighted by atomic mass is 32.1. The molecule has 0 saturated heterocycles. The maximum atomic E-state index is 12.8. The van der Waals surface area contributed by atoms with Gasteiger partial charge in [0.15, 0.2) is 0 Å². The second kappa shape index (κ2) is 5.12. The van der Waals surface area contributed by atoms with Gasteiger partial charge in [-0.2, -0.15) is 13.2 Å². The van der Waals surface area contributed by atoms with Crippen LogP contribution in [0.25, 0.3) is 0 Å². The molecule has 0 bridgehead atoms. The van der Waals surface area contributed by atoms with Crippen LogP contribution >= 0.6 is 11.3 Å². The molecule has 2 aromatic rings. The zero-order chi connectivity index (χ0) is 13.2. The lowest BCUT2D eigenvalue weighted by atomic mass is 9.98. The molecule has 5 heteroatoms. The molecule has 96 valence electrons. The van der Waals surface area contributed by atoms with Gasteiger partial charge < -0.3 is 5.73 Å². The minimum Gasteiger partial charge on any atom is -0.324 e. The lowest BCUT2D eigenvalue weighted by molar-refractivity contribution is -0.138. The monoisotopic (exact) mass is 271 g/mol. The van der Waals surface area contributed by atoms with Crippen LogP contribution in [-0.4, -0.2) is 0 Å². The van der Waals surface area contributed by atoms with Crippen molar-refractivity contribution in [1.82, 2.24) is 0 Å². The largest absolute Gasteiger partial charge is 0.416 e. The summed E-state index contributed by atoms with van der Waals surface area (Å²) in [7, 11) is 0. The molecule has 0 aliphatic carbocycles. The zero-order valence-corrected chi connectivity index (χ0v) is 10.3. The molecule has 1 heterocycles. The molecule has 0 saturated carbocycles. The summed E-state index contributed by atoms with van der Waals surface area (Å²) in [5.41, 5.74) is 5.40. The molecule has 18 heavy (non-hydrogen) atoms.